The molecule has 0 heterocycles. The van der Waals surface area contributed by atoms with Crippen LogP contribution in [0.15, 0.2) is 103 Å². The molecule has 0 amide bonds. The molecule has 24 heavy (non-hydrogen) atoms. The molecule has 0 spiro atoms. The van der Waals surface area contributed by atoms with Crippen molar-refractivity contribution >= 4 is 29.1 Å². The maximum atomic E-state index is 11.3. The molecule has 0 aliphatic carbocycles. The van der Waals surface area contributed by atoms with Crippen molar-refractivity contribution in [3.63, 3.8) is 0 Å². The first-order chi connectivity index (χ1) is 12.1. The highest BCUT2D eigenvalue weighted by Gasteiger charge is 2.42. The molecule has 0 aliphatic rings. The summed E-state index contributed by atoms with van der Waals surface area (Å²) < 4.78 is 7.96. The average molecular weight is 333 g/mol. The molecular weight excluding hydrogens is 315 g/mol. The lowest BCUT2D eigenvalue weighted by Crippen LogP contribution is -2.30. The van der Waals surface area contributed by atoms with E-state index in [4.69, 9.17) is 1.37 Å². The Morgan fingerprint density at radius 3 is 1.38 bits per heavy atom. The molecule has 0 N–H and O–H groups in total. The van der Waals surface area contributed by atoms with Crippen LogP contribution in [-0.2, 0) is 4.79 Å². The average Bonchev–Trinajstić information content (AvgIpc) is 2.68. The Balaban J connectivity index is 2.40. The minimum atomic E-state index is -2.43. The minimum absolute atomic E-state index is 0.495. The van der Waals surface area contributed by atoms with Crippen molar-refractivity contribution in [1.29, 1.82) is 0 Å². The van der Waals surface area contributed by atoms with Crippen LogP contribution in [0.1, 0.15) is 1.37 Å². The molecule has 118 valence electrons. The van der Waals surface area contributed by atoms with Crippen LogP contribution in [0, 0.1) is 0 Å². The van der Waals surface area contributed by atoms with Crippen LogP contribution in [0.3, 0.4) is 0 Å². The summed E-state index contributed by atoms with van der Waals surface area (Å²) in [4.78, 5) is 11.3. The maximum absolute atomic E-state index is 11.3. The van der Waals surface area contributed by atoms with Crippen LogP contribution in [0.25, 0.3) is 0 Å². The van der Waals surface area contributed by atoms with Gasteiger partial charge in [-0.2, -0.15) is 0 Å². The minimum Gasteiger partial charge on any atom is -0.545 e. The highest BCUT2D eigenvalue weighted by molar-refractivity contribution is 7.98. The van der Waals surface area contributed by atoms with E-state index in [1.807, 2.05) is 91.0 Å². The van der Waals surface area contributed by atoms with E-state index in [0.29, 0.717) is 0 Å². The lowest BCUT2D eigenvalue weighted by Gasteiger charge is -2.24. The fourth-order valence-corrected chi connectivity index (χ4v) is 6.38. The molecular formula is C21H17O2P. The predicted molar refractivity (Wildman–Crippen MR) is 99.3 cm³/mol. The fourth-order valence-electron chi connectivity index (χ4n) is 2.81. The van der Waals surface area contributed by atoms with Gasteiger partial charge in [0.05, 0.1) is 13.2 Å². The number of hydrogen-bond acceptors (Lipinski definition) is 2. The molecule has 0 aliphatic heterocycles. The van der Waals surface area contributed by atoms with Gasteiger partial charge in [0.2, 0.25) is 0 Å². The maximum Gasteiger partial charge on any atom is 0.137 e. The SMILES string of the molecule is [2H]/C(=C/[P+](c1ccccc1)(c1ccccc1)c1ccccc1)C(=O)[O-]. The predicted octanol–water partition coefficient (Wildman–Crippen LogP) is 2.24. The van der Waals surface area contributed by atoms with E-state index in [1.54, 1.807) is 5.82 Å². The number of rotatable bonds is 5. The number of aliphatic carboxylic acids is 1. The third-order valence-corrected chi connectivity index (χ3v) is 7.72. The van der Waals surface area contributed by atoms with Crippen molar-refractivity contribution in [3.8, 4) is 0 Å². The topological polar surface area (TPSA) is 40.1 Å². The second-order valence-electron chi connectivity index (χ2n) is 5.29. The molecule has 0 saturated heterocycles. The zero-order valence-corrected chi connectivity index (χ0v) is 13.9. The Bertz CT molecular complexity index is 781. The number of carboxylic acid groups (broad SMARTS) is 1. The van der Waals surface area contributed by atoms with Crippen LogP contribution in [0.4, 0.5) is 0 Å². The third-order valence-electron chi connectivity index (χ3n) is 3.87. The number of benzene rings is 3. The summed E-state index contributed by atoms with van der Waals surface area (Å²) in [6.45, 7) is 0. The molecule has 0 aromatic heterocycles. The highest BCUT2D eigenvalue weighted by atomic mass is 31.2. The summed E-state index contributed by atoms with van der Waals surface area (Å²) in [6.07, 6.45) is 0. The van der Waals surface area contributed by atoms with Gasteiger partial charge in [0.25, 0.3) is 0 Å². The van der Waals surface area contributed by atoms with Crippen LogP contribution in [0.2, 0.25) is 0 Å². The van der Waals surface area contributed by atoms with Gasteiger partial charge in [-0.3, -0.25) is 0 Å². The van der Waals surface area contributed by atoms with Crippen molar-refractivity contribution in [3.05, 3.63) is 103 Å². The summed E-state index contributed by atoms with van der Waals surface area (Å²) in [6, 6.07) is 28.9. The largest absolute Gasteiger partial charge is 0.545 e. The van der Waals surface area contributed by atoms with E-state index in [0.717, 1.165) is 15.9 Å². The highest BCUT2D eigenvalue weighted by Crippen LogP contribution is 2.56. The van der Waals surface area contributed by atoms with Crippen LogP contribution >= 0.6 is 7.26 Å². The van der Waals surface area contributed by atoms with Gasteiger partial charge in [0, 0.05) is 0 Å². The number of carboxylic acids is 1. The van der Waals surface area contributed by atoms with Gasteiger partial charge < -0.3 is 9.90 Å². The summed E-state index contributed by atoms with van der Waals surface area (Å²) in [7, 11) is -2.43. The second kappa shape index (κ2) is 7.25. The molecule has 3 aromatic rings. The Morgan fingerprint density at radius 1 is 0.750 bits per heavy atom. The van der Waals surface area contributed by atoms with Crippen molar-refractivity contribution in [2.75, 3.05) is 0 Å². The van der Waals surface area contributed by atoms with Gasteiger partial charge in [-0.25, -0.2) is 0 Å². The van der Waals surface area contributed by atoms with Gasteiger partial charge in [-0.15, -0.1) is 0 Å². The van der Waals surface area contributed by atoms with Crippen molar-refractivity contribution in [2.24, 2.45) is 0 Å². The van der Waals surface area contributed by atoms with E-state index in [1.165, 1.54) is 0 Å². The van der Waals surface area contributed by atoms with E-state index in [9.17, 15) is 9.90 Å². The Labute approximate surface area is 143 Å². The van der Waals surface area contributed by atoms with Crippen LogP contribution in [-0.4, -0.2) is 5.97 Å². The van der Waals surface area contributed by atoms with E-state index in [-0.39, 0.29) is 0 Å². The van der Waals surface area contributed by atoms with E-state index >= 15 is 0 Å². The molecule has 0 saturated carbocycles. The zero-order chi connectivity index (χ0) is 17.7. The summed E-state index contributed by atoms with van der Waals surface area (Å²) >= 11 is 0. The monoisotopic (exact) mass is 333 g/mol. The van der Waals surface area contributed by atoms with E-state index in [2.05, 4.69) is 0 Å². The van der Waals surface area contributed by atoms with Crippen molar-refractivity contribution in [2.45, 2.75) is 0 Å². The van der Waals surface area contributed by atoms with Gasteiger partial charge >= 0.3 is 0 Å². The van der Waals surface area contributed by atoms with Gasteiger partial charge in [0.15, 0.2) is 0 Å². The summed E-state index contributed by atoms with van der Waals surface area (Å²) in [5.74, 6) is 0.106. The first-order valence-electron chi connectivity index (χ1n) is 8.11. The lowest BCUT2D eigenvalue weighted by atomic mass is 10.4. The van der Waals surface area contributed by atoms with Crippen molar-refractivity contribution < 1.29 is 11.3 Å². The molecule has 3 aromatic carbocycles. The molecule has 0 radical (unpaired) electrons. The normalized spacial score (nSPS) is 12.5. The lowest BCUT2D eigenvalue weighted by molar-refractivity contribution is -0.297. The quantitative estimate of drug-likeness (QED) is 0.531. The fraction of sp³-hybridized carbons (Fsp3) is 0. The number of hydrogen-bond donors (Lipinski definition) is 0. The summed E-state index contributed by atoms with van der Waals surface area (Å²) in [5.41, 5.74) is 0. The van der Waals surface area contributed by atoms with Gasteiger partial charge in [0.1, 0.15) is 23.2 Å². The summed E-state index contributed by atoms with van der Waals surface area (Å²) in [5, 5.41) is 14.3. The van der Waals surface area contributed by atoms with Crippen molar-refractivity contribution in [1.82, 2.24) is 0 Å². The van der Waals surface area contributed by atoms with Crippen LogP contribution in [0.5, 0.6) is 0 Å². The van der Waals surface area contributed by atoms with E-state index < -0.39 is 19.3 Å². The smallest absolute Gasteiger partial charge is 0.137 e. The van der Waals surface area contributed by atoms with Gasteiger partial charge in [-0.1, -0.05) is 54.6 Å². The Hall–Kier alpha value is -2.70. The molecule has 0 bridgehead atoms. The number of carbonyl (C=O) groups excluding carboxylic acids is 1. The standard InChI is InChI=1S/C21H17O2P/c22-21(23)16-17-24(18-10-4-1-5-11-18,19-12-6-2-7-13-19)20-14-8-3-9-15-20/h1-17H/b17-16-/i16D. The first-order valence-corrected chi connectivity index (χ1v) is 9.47. The second-order valence-corrected chi connectivity index (χ2v) is 8.54. The molecule has 3 rings (SSSR count). The third kappa shape index (κ3) is 3.15. The molecule has 0 fully saturated rings. The molecule has 3 heteroatoms. The Morgan fingerprint density at radius 2 is 1.08 bits per heavy atom. The van der Waals surface area contributed by atoms with Gasteiger partial charge in [-0.05, 0) is 42.5 Å². The molecule has 2 nitrogen and oxygen atoms in total. The molecule has 0 atom stereocenters. The molecule has 0 unspecified atom stereocenters. The van der Waals surface area contributed by atoms with Crippen LogP contribution < -0.4 is 21.0 Å². The zero-order valence-electron chi connectivity index (χ0n) is 14.0. The number of carbonyl (C=O) groups is 1. The first kappa shape index (κ1) is 14.9. The Kier molecular flexibility index (Phi) is 4.49.